The number of carbonyl (C=O) groups is 1. The number of aromatic nitrogens is 1. The van der Waals surface area contributed by atoms with Gasteiger partial charge >= 0.3 is 0 Å². The first kappa shape index (κ1) is 25.3. The van der Waals surface area contributed by atoms with E-state index in [1.54, 1.807) is 30.3 Å². The maximum absolute atomic E-state index is 12.8. The first-order chi connectivity index (χ1) is 18.3. The molecule has 1 amide bonds. The van der Waals surface area contributed by atoms with Gasteiger partial charge in [0.25, 0.3) is 11.6 Å². The number of nitrogens with zero attached hydrogens (tertiary/aromatic N) is 3. The van der Waals surface area contributed by atoms with E-state index in [4.69, 9.17) is 16.6 Å². The molecule has 0 atom stereocenters. The van der Waals surface area contributed by atoms with Gasteiger partial charge in [-0.3, -0.25) is 20.2 Å². The highest BCUT2D eigenvalue weighted by molar-refractivity contribution is 7.80. The van der Waals surface area contributed by atoms with Gasteiger partial charge in [-0.1, -0.05) is 6.07 Å². The molecule has 1 saturated heterocycles. The molecule has 194 valence electrons. The van der Waals surface area contributed by atoms with E-state index in [1.807, 2.05) is 30.0 Å². The van der Waals surface area contributed by atoms with Crippen LogP contribution in [0.1, 0.15) is 40.7 Å². The molecular formula is C28H27N5O4S. The van der Waals surface area contributed by atoms with Crippen LogP contribution in [-0.2, 0) is 0 Å². The average molecular weight is 530 g/mol. The highest BCUT2D eigenvalue weighted by atomic mass is 32.1. The summed E-state index contributed by atoms with van der Waals surface area (Å²) in [7, 11) is 0. The summed E-state index contributed by atoms with van der Waals surface area (Å²) in [5.74, 6) is -0.0129. The minimum absolute atomic E-state index is 0.0648. The van der Waals surface area contributed by atoms with Crippen molar-refractivity contribution < 1.29 is 14.1 Å². The molecule has 1 fully saturated rings. The number of nitrogens with one attached hydrogen (secondary N) is 2. The normalized spacial score (nSPS) is 13.4. The van der Waals surface area contributed by atoms with Gasteiger partial charge in [-0.25, -0.2) is 4.98 Å². The van der Waals surface area contributed by atoms with Crippen molar-refractivity contribution in [3.05, 3.63) is 81.4 Å². The smallest absolute Gasteiger partial charge is 0.293 e. The third kappa shape index (κ3) is 5.35. The van der Waals surface area contributed by atoms with Crippen molar-refractivity contribution in [1.29, 1.82) is 0 Å². The van der Waals surface area contributed by atoms with Crippen molar-refractivity contribution >= 4 is 51.4 Å². The standard InChI is InChI=1S/C28H27N5O4S/c1-17-6-7-20(14-18(17)2)27-30-22-16-21(9-11-25(22)37-27)29-28(38)31-26(34)19-8-10-23(24(15-19)33(35)36)32-12-4-3-5-13-32/h6-11,14-16H,3-5,12-13H2,1-2H3,(H2,29,31,34,38). The second-order valence-electron chi connectivity index (χ2n) is 9.42. The number of aryl methyl sites for hydroxylation is 2. The third-order valence-corrected chi connectivity index (χ3v) is 6.96. The SMILES string of the molecule is Cc1ccc(-c2nc3cc(NC(=S)NC(=O)c4ccc(N5CCCCC5)c([N+](=O)[O-])c4)ccc3o2)cc1C. The maximum atomic E-state index is 12.8. The molecule has 4 aromatic rings. The van der Waals surface area contributed by atoms with Crippen molar-refractivity contribution in [2.24, 2.45) is 0 Å². The molecule has 2 N–H and O–H groups in total. The van der Waals surface area contributed by atoms with Crippen LogP contribution in [0.2, 0.25) is 0 Å². The molecule has 0 unspecified atom stereocenters. The molecule has 0 saturated carbocycles. The minimum atomic E-state index is -0.532. The summed E-state index contributed by atoms with van der Waals surface area (Å²) in [6.45, 7) is 5.63. The summed E-state index contributed by atoms with van der Waals surface area (Å²) in [4.78, 5) is 30.7. The summed E-state index contributed by atoms with van der Waals surface area (Å²) in [6.07, 6.45) is 3.10. The number of nitro groups is 1. The summed E-state index contributed by atoms with van der Waals surface area (Å²) in [5, 5.41) is 17.4. The first-order valence-electron chi connectivity index (χ1n) is 12.4. The Hall–Kier alpha value is -4.31. The molecule has 1 aliphatic heterocycles. The van der Waals surface area contributed by atoms with Gasteiger partial charge < -0.3 is 14.6 Å². The van der Waals surface area contributed by atoms with E-state index >= 15 is 0 Å². The lowest BCUT2D eigenvalue weighted by Crippen LogP contribution is -2.34. The maximum Gasteiger partial charge on any atom is 0.293 e. The number of fused-ring (bicyclic) bond motifs is 1. The molecule has 0 aliphatic carbocycles. The number of hydrogen-bond acceptors (Lipinski definition) is 7. The number of carbonyl (C=O) groups excluding carboxylic acids is 1. The molecule has 9 nitrogen and oxygen atoms in total. The van der Waals surface area contributed by atoms with Crippen molar-refractivity contribution in [3.8, 4) is 11.5 Å². The summed E-state index contributed by atoms with van der Waals surface area (Å²) in [5.41, 5.74) is 5.73. The highest BCUT2D eigenvalue weighted by Gasteiger charge is 2.23. The number of amides is 1. The van der Waals surface area contributed by atoms with Crippen molar-refractivity contribution in [2.45, 2.75) is 33.1 Å². The predicted molar refractivity (Wildman–Crippen MR) is 152 cm³/mol. The quantitative estimate of drug-likeness (QED) is 0.180. The lowest BCUT2D eigenvalue weighted by Gasteiger charge is -2.28. The Morgan fingerprint density at radius 1 is 1.03 bits per heavy atom. The fraction of sp³-hybridized carbons (Fsp3) is 0.250. The molecule has 1 aromatic heterocycles. The Balaban J connectivity index is 1.28. The summed E-state index contributed by atoms with van der Waals surface area (Å²) in [6, 6.07) is 15.9. The summed E-state index contributed by atoms with van der Waals surface area (Å²) < 4.78 is 5.92. The number of anilines is 2. The molecule has 0 bridgehead atoms. The van der Waals surface area contributed by atoms with Crippen molar-refractivity contribution in [1.82, 2.24) is 10.3 Å². The summed E-state index contributed by atoms with van der Waals surface area (Å²) >= 11 is 5.33. The molecule has 5 rings (SSSR count). The minimum Gasteiger partial charge on any atom is -0.436 e. The Morgan fingerprint density at radius 3 is 2.55 bits per heavy atom. The zero-order chi connectivity index (χ0) is 26.8. The molecule has 38 heavy (non-hydrogen) atoms. The van der Waals surface area contributed by atoms with Gasteiger partial charge in [0.15, 0.2) is 10.7 Å². The molecule has 1 aliphatic rings. The third-order valence-electron chi connectivity index (χ3n) is 6.76. The van der Waals surface area contributed by atoms with E-state index in [1.165, 1.54) is 11.6 Å². The number of thiocarbonyl (C=S) groups is 1. The van der Waals surface area contributed by atoms with Crippen molar-refractivity contribution in [3.63, 3.8) is 0 Å². The van der Waals surface area contributed by atoms with Crippen LogP contribution in [0.3, 0.4) is 0 Å². The zero-order valence-electron chi connectivity index (χ0n) is 21.1. The van der Waals surface area contributed by atoms with Gasteiger partial charge in [0.2, 0.25) is 5.89 Å². The predicted octanol–water partition coefficient (Wildman–Crippen LogP) is 6.14. The van der Waals surface area contributed by atoms with Gasteiger partial charge in [-0.15, -0.1) is 0 Å². The fourth-order valence-electron chi connectivity index (χ4n) is 4.55. The number of benzene rings is 3. The fourth-order valence-corrected chi connectivity index (χ4v) is 4.76. The van der Waals surface area contributed by atoms with Crippen LogP contribution >= 0.6 is 12.2 Å². The van der Waals surface area contributed by atoms with Gasteiger partial charge in [0.05, 0.1) is 4.92 Å². The van der Waals surface area contributed by atoms with E-state index in [-0.39, 0.29) is 16.4 Å². The van der Waals surface area contributed by atoms with E-state index in [9.17, 15) is 14.9 Å². The Labute approximate surface area is 225 Å². The van der Waals surface area contributed by atoms with Gasteiger partial charge in [-0.2, -0.15) is 0 Å². The van der Waals surface area contributed by atoms with Crippen LogP contribution in [0.15, 0.2) is 59.0 Å². The van der Waals surface area contributed by atoms with Crippen LogP contribution < -0.4 is 15.5 Å². The molecule has 2 heterocycles. The first-order valence-corrected chi connectivity index (χ1v) is 12.8. The number of piperidine rings is 1. The van der Waals surface area contributed by atoms with Crippen LogP contribution in [0.5, 0.6) is 0 Å². The molecule has 0 radical (unpaired) electrons. The van der Waals surface area contributed by atoms with E-state index in [0.29, 0.717) is 28.4 Å². The molecular weight excluding hydrogens is 502 g/mol. The van der Waals surface area contributed by atoms with E-state index < -0.39 is 10.8 Å². The van der Waals surface area contributed by atoms with Crippen LogP contribution in [0, 0.1) is 24.0 Å². The van der Waals surface area contributed by atoms with Crippen LogP contribution in [0.25, 0.3) is 22.6 Å². The number of oxazole rings is 1. The number of rotatable bonds is 5. The number of hydrogen-bond donors (Lipinski definition) is 2. The Bertz CT molecular complexity index is 1560. The average Bonchev–Trinajstić information content (AvgIpc) is 3.33. The Morgan fingerprint density at radius 2 is 1.82 bits per heavy atom. The second-order valence-corrected chi connectivity index (χ2v) is 9.83. The van der Waals surface area contributed by atoms with Gasteiger partial charge in [0, 0.05) is 36.0 Å². The molecule has 10 heteroatoms. The van der Waals surface area contributed by atoms with E-state index in [0.717, 1.165) is 43.5 Å². The van der Waals surface area contributed by atoms with E-state index in [2.05, 4.69) is 22.5 Å². The Kier molecular flexibility index (Phi) is 7.06. The zero-order valence-corrected chi connectivity index (χ0v) is 21.9. The lowest BCUT2D eigenvalue weighted by molar-refractivity contribution is -0.384. The van der Waals surface area contributed by atoms with Gasteiger partial charge in [0.1, 0.15) is 11.2 Å². The van der Waals surface area contributed by atoms with Crippen LogP contribution in [0.4, 0.5) is 17.1 Å². The van der Waals surface area contributed by atoms with Crippen molar-refractivity contribution in [2.75, 3.05) is 23.3 Å². The molecule has 3 aromatic carbocycles. The lowest BCUT2D eigenvalue weighted by atomic mass is 10.1. The second kappa shape index (κ2) is 10.6. The van der Waals surface area contributed by atoms with Crippen LogP contribution in [-0.4, -0.2) is 34.0 Å². The number of nitro benzene ring substituents is 1. The largest absolute Gasteiger partial charge is 0.436 e. The topological polar surface area (TPSA) is 114 Å². The molecule has 0 spiro atoms. The monoisotopic (exact) mass is 529 g/mol. The highest BCUT2D eigenvalue weighted by Crippen LogP contribution is 2.31. The van der Waals surface area contributed by atoms with Gasteiger partial charge in [-0.05, 0) is 98.9 Å².